The van der Waals surface area contributed by atoms with Crippen molar-refractivity contribution in [1.29, 1.82) is 0 Å². The Morgan fingerprint density at radius 2 is 1.74 bits per heavy atom. The van der Waals surface area contributed by atoms with Gasteiger partial charge in [-0.2, -0.15) is 4.98 Å². The smallest absolute Gasteiger partial charge is 0.349 e. The van der Waals surface area contributed by atoms with Gasteiger partial charge in [-0.3, -0.25) is 9.78 Å². The number of aliphatic hydroxyl groups is 1. The van der Waals surface area contributed by atoms with E-state index in [0.29, 0.717) is 42.6 Å². The number of pyridine rings is 1. The van der Waals surface area contributed by atoms with E-state index in [9.17, 15) is 19.1 Å². The molecule has 2 fully saturated rings. The topological polar surface area (TPSA) is 91.6 Å². The maximum absolute atomic E-state index is 14.1. The van der Waals surface area contributed by atoms with Crippen LogP contribution < -0.4 is 10.6 Å². The fraction of sp³-hybridized carbons (Fsp3) is 0.429. The molecule has 38 heavy (non-hydrogen) atoms. The second-order valence-corrected chi connectivity index (χ2v) is 11.0. The van der Waals surface area contributed by atoms with Gasteiger partial charge in [-0.05, 0) is 35.9 Å². The van der Waals surface area contributed by atoms with Crippen molar-refractivity contribution in [3.63, 3.8) is 0 Å². The van der Waals surface area contributed by atoms with Crippen LogP contribution in [0.15, 0.2) is 59.7 Å². The number of anilines is 1. The van der Waals surface area contributed by atoms with Gasteiger partial charge in [0.2, 0.25) is 5.91 Å². The van der Waals surface area contributed by atoms with E-state index in [4.69, 9.17) is 11.6 Å². The van der Waals surface area contributed by atoms with Crippen molar-refractivity contribution < 1.29 is 14.3 Å². The van der Waals surface area contributed by atoms with Crippen molar-refractivity contribution in [2.45, 2.75) is 25.4 Å². The zero-order chi connectivity index (χ0) is 27.2. The molecular formula is C28H31ClFN5O3. The molecule has 2 saturated heterocycles. The average Bonchev–Trinajstić information content (AvgIpc) is 3.34. The van der Waals surface area contributed by atoms with Crippen molar-refractivity contribution in [3.8, 4) is 0 Å². The van der Waals surface area contributed by atoms with Crippen LogP contribution in [-0.4, -0.2) is 56.6 Å². The summed E-state index contributed by atoms with van der Waals surface area (Å²) in [5.41, 5.74) is -0.146. The van der Waals surface area contributed by atoms with E-state index in [1.165, 1.54) is 16.7 Å². The van der Waals surface area contributed by atoms with Crippen molar-refractivity contribution >= 4 is 23.3 Å². The summed E-state index contributed by atoms with van der Waals surface area (Å²) in [6, 6.07) is 11.3. The normalized spacial score (nSPS) is 27.5. The lowest BCUT2D eigenvalue weighted by molar-refractivity contribution is -0.152. The summed E-state index contributed by atoms with van der Waals surface area (Å²) in [4.78, 5) is 38.7. The number of benzene rings is 1. The van der Waals surface area contributed by atoms with E-state index in [1.54, 1.807) is 43.7 Å². The van der Waals surface area contributed by atoms with Crippen LogP contribution in [0, 0.1) is 23.6 Å². The number of likely N-dealkylation sites (tertiary alicyclic amines) is 1. The summed E-state index contributed by atoms with van der Waals surface area (Å²) in [6.45, 7) is 5.42. The first-order valence-electron chi connectivity index (χ1n) is 12.7. The molecule has 4 atom stereocenters. The average molecular weight is 540 g/mol. The van der Waals surface area contributed by atoms with Crippen LogP contribution in [0.4, 0.5) is 10.2 Å². The monoisotopic (exact) mass is 539 g/mol. The summed E-state index contributed by atoms with van der Waals surface area (Å²) in [5.74, 6) is -1.07. The molecule has 0 aliphatic carbocycles. The van der Waals surface area contributed by atoms with Crippen molar-refractivity contribution in [2.24, 2.45) is 24.8 Å². The van der Waals surface area contributed by atoms with Gasteiger partial charge in [0.05, 0.1) is 16.5 Å². The maximum Gasteiger partial charge on any atom is 0.349 e. The number of amides is 1. The Hall–Kier alpha value is -3.30. The molecule has 1 aromatic carbocycles. The number of aryl methyl sites for hydroxylation is 1. The van der Waals surface area contributed by atoms with Crippen LogP contribution in [0.3, 0.4) is 0 Å². The summed E-state index contributed by atoms with van der Waals surface area (Å²) < 4.78 is 14.9. The van der Waals surface area contributed by atoms with Gasteiger partial charge in [0.25, 0.3) is 0 Å². The molecule has 0 saturated carbocycles. The molecule has 8 nitrogen and oxygen atoms in total. The molecule has 0 radical (unpaired) electrons. The Kier molecular flexibility index (Phi) is 7.00. The number of halogens is 2. The van der Waals surface area contributed by atoms with Crippen molar-refractivity contribution in [3.05, 3.63) is 87.4 Å². The molecule has 4 heterocycles. The fourth-order valence-electron chi connectivity index (χ4n) is 5.98. The Balaban J connectivity index is 1.42. The Morgan fingerprint density at radius 3 is 2.34 bits per heavy atom. The predicted molar refractivity (Wildman–Crippen MR) is 142 cm³/mol. The van der Waals surface area contributed by atoms with Gasteiger partial charge in [-0.1, -0.05) is 37.6 Å². The Bertz CT molecular complexity index is 1370. The van der Waals surface area contributed by atoms with Gasteiger partial charge in [0.15, 0.2) is 0 Å². The van der Waals surface area contributed by atoms with Gasteiger partial charge in [-0.25, -0.2) is 9.18 Å². The number of carbonyl (C=O) groups excluding carboxylic acids is 1. The van der Waals surface area contributed by atoms with E-state index in [2.05, 4.69) is 9.97 Å². The molecule has 2 aliphatic heterocycles. The highest BCUT2D eigenvalue weighted by atomic mass is 35.5. The molecule has 1 N–H and O–H groups in total. The summed E-state index contributed by atoms with van der Waals surface area (Å²) in [5, 5.41) is 12.2. The lowest BCUT2D eigenvalue weighted by Gasteiger charge is -2.48. The molecular weight excluding hydrogens is 509 g/mol. The first-order chi connectivity index (χ1) is 18.1. The first-order valence-corrected chi connectivity index (χ1v) is 13.1. The van der Waals surface area contributed by atoms with Gasteiger partial charge >= 0.3 is 5.69 Å². The standard InChI is InChI=1S/C28H31ClFN5O3/c1-17-13-35(14-18(2)28(17,38)19-4-7-21(30)8-5-19)26(36)23-16-34(25-10-11-33(3)27(37)32-25)15-22(23)24-9-6-20(29)12-31-24/h4-12,17-18,22-23,38H,13-16H2,1-3H3. The highest BCUT2D eigenvalue weighted by Crippen LogP contribution is 2.43. The van der Waals surface area contributed by atoms with E-state index < -0.39 is 11.5 Å². The molecule has 2 aromatic heterocycles. The number of nitrogens with zero attached hydrogens (tertiary/aromatic N) is 5. The number of carbonyl (C=O) groups is 1. The lowest BCUT2D eigenvalue weighted by Crippen LogP contribution is -2.57. The molecule has 4 unspecified atom stereocenters. The maximum atomic E-state index is 14.1. The quantitative estimate of drug-likeness (QED) is 0.547. The number of piperidine rings is 1. The zero-order valence-corrected chi connectivity index (χ0v) is 22.3. The van der Waals surface area contributed by atoms with E-state index in [1.807, 2.05) is 29.7 Å². The third kappa shape index (κ3) is 4.69. The van der Waals surface area contributed by atoms with Crippen molar-refractivity contribution in [1.82, 2.24) is 19.4 Å². The minimum atomic E-state index is -1.18. The summed E-state index contributed by atoms with van der Waals surface area (Å²) in [7, 11) is 1.64. The predicted octanol–water partition coefficient (Wildman–Crippen LogP) is 3.19. The summed E-state index contributed by atoms with van der Waals surface area (Å²) in [6.07, 6.45) is 3.24. The second-order valence-electron chi connectivity index (χ2n) is 10.6. The molecule has 200 valence electrons. The highest BCUT2D eigenvalue weighted by Gasteiger charge is 2.49. The van der Waals surface area contributed by atoms with Crippen LogP contribution in [0.5, 0.6) is 0 Å². The Labute approximate surface area is 225 Å². The van der Waals surface area contributed by atoms with Crippen LogP contribution in [0.2, 0.25) is 5.02 Å². The zero-order valence-electron chi connectivity index (χ0n) is 21.6. The van der Waals surface area contributed by atoms with Crippen molar-refractivity contribution in [2.75, 3.05) is 31.1 Å². The van der Waals surface area contributed by atoms with Gasteiger partial charge < -0.3 is 19.5 Å². The molecule has 1 amide bonds. The third-order valence-electron chi connectivity index (χ3n) is 8.16. The fourth-order valence-corrected chi connectivity index (χ4v) is 6.09. The minimum Gasteiger partial charge on any atom is -0.384 e. The number of hydrogen-bond donors (Lipinski definition) is 1. The molecule has 0 bridgehead atoms. The highest BCUT2D eigenvalue weighted by molar-refractivity contribution is 6.30. The molecule has 2 aliphatic rings. The van der Waals surface area contributed by atoms with E-state index >= 15 is 0 Å². The third-order valence-corrected chi connectivity index (χ3v) is 8.38. The second kappa shape index (κ2) is 10.1. The first kappa shape index (κ1) is 26.3. The van der Waals surface area contributed by atoms with Gasteiger partial charge in [0, 0.05) is 69.1 Å². The Morgan fingerprint density at radius 1 is 1.05 bits per heavy atom. The van der Waals surface area contributed by atoms with Gasteiger partial charge in [0.1, 0.15) is 11.6 Å². The SMILES string of the molecule is CC1CN(C(=O)C2CN(c3ccn(C)c(=O)n3)CC2c2ccc(Cl)cn2)CC(C)C1(O)c1ccc(F)cc1. The number of rotatable bonds is 4. The van der Waals surface area contributed by atoms with E-state index in [-0.39, 0.29) is 35.2 Å². The molecule has 5 rings (SSSR count). The number of aromatic nitrogens is 3. The van der Waals surface area contributed by atoms with E-state index in [0.717, 1.165) is 5.69 Å². The lowest BCUT2D eigenvalue weighted by atomic mass is 9.70. The van der Waals surface area contributed by atoms with Crippen LogP contribution in [0.25, 0.3) is 0 Å². The molecule has 0 spiro atoms. The number of hydrogen-bond acceptors (Lipinski definition) is 6. The molecule has 10 heteroatoms. The summed E-state index contributed by atoms with van der Waals surface area (Å²) >= 11 is 6.07. The van der Waals surface area contributed by atoms with Crippen LogP contribution in [0.1, 0.15) is 31.0 Å². The van der Waals surface area contributed by atoms with Gasteiger partial charge in [-0.15, -0.1) is 0 Å². The molecule has 3 aromatic rings. The van der Waals surface area contributed by atoms with Crippen LogP contribution in [-0.2, 0) is 17.4 Å². The van der Waals surface area contributed by atoms with Crippen LogP contribution >= 0.6 is 11.6 Å². The largest absolute Gasteiger partial charge is 0.384 e. The minimum absolute atomic E-state index is 0.0297.